The van der Waals surface area contributed by atoms with Crippen LogP contribution in [0.4, 0.5) is 0 Å². The Morgan fingerprint density at radius 3 is 2.40 bits per heavy atom. The molecule has 0 aliphatic rings. The first kappa shape index (κ1) is 11.9. The minimum absolute atomic E-state index is 0.00685. The molecule has 0 radical (unpaired) electrons. The van der Waals surface area contributed by atoms with Crippen LogP contribution in [0.5, 0.6) is 5.88 Å². The Balaban J connectivity index is 3.00. The van der Waals surface area contributed by atoms with E-state index in [1.807, 2.05) is 0 Å². The summed E-state index contributed by atoms with van der Waals surface area (Å²) < 4.78 is 5.01. The van der Waals surface area contributed by atoms with Gasteiger partial charge in [-0.15, -0.1) is 0 Å². The Hall–Kier alpha value is -1.16. The molecule has 0 aliphatic heterocycles. The van der Waals surface area contributed by atoms with E-state index < -0.39 is 6.10 Å². The highest BCUT2D eigenvalue weighted by Crippen LogP contribution is 2.26. The van der Waals surface area contributed by atoms with Crippen LogP contribution in [-0.2, 0) is 0 Å². The number of hydrogen-bond acceptors (Lipinski definition) is 4. The summed E-state index contributed by atoms with van der Waals surface area (Å²) in [6.45, 7) is 5.88. The average molecular weight is 210 g/mol. The zero-order valence-electron chi connectivity index (χ0n) is 9.64. The van der Waals surface area contributed by atoms with Crippen molar-refractivity contribution in [2.45, 2.75) is 32.8 Å². The van der Waals surface area contributed by atoms with E-state index in [2.05, 4.69) is 23.8 Å². The first-order chi connectivity index (χ1) is 7.06. The summed E-state index contributed by atoms with van der Waals surface area (Å²) in [4.78, 5) is 8.33. The minimum Gasteiger partial charge on any atom is -0.480 e. The van der Waals surface area contributed by atoms with E-state index in [4.69, 9.17) is 4.74 Å². The highest BCUT2D eigenvalue weighted by atomic mass is 16.5. The zero-order chi connectivity index (χ0) is 11.4. The van der Waals surface area contributed by atoms with Crippen LogP contribution >= 0.6 is 0 Å². The molecule has 0 aromatic carbocycles. The van der Waals surface area contributed by atoms with Gasteiger partial charge in [-0.3, -0.25) is 4.98 Å². The Bertz CT molecular complexity index is 305. The molecule has 4 heteroatoms. The average Bonchev–Trinajstić information content (AvgIpc) is 2.17. The first-order valence-electron chi connectivity index (χ1n) is 5.10. The van der Waals surface area contributed by atoms with Crippen LogP contribution in [0.3, 0.4) is 0 Å². The third-order valence-corrected chi connectivity index (χ3v) is 2.42. The van der Waals surface area contributed by atoms with E-state index in [9.17, 15) is 5.11 Å². The van der Waals surface area contributed by atoms with Crippen molar-refractivity contribution in [2.75, 3.05) is 7.11 Å². The molecule has 4 nitrogen and oxygen atoms in total. The van der Waals surface area contributed by atoms with Crippen LogP contribution in [-0.4, -0.2) is 28.3 Å². The Morgan fingerprint density at radius 1 is 1.27 bits per heavy atom. The Labute approximate surface area is 90.3 Å². The second-order valence-corrected chi connectivity index (χ2v) is 4.00. The van der Waals surface area contributed by atoms with Gasteiger partial charge in [0, 0.05) is 12.1 Å². The summed E-state index contributed by atoms with van der Waals surface area (Å²) in [5.74, 6) is 0.790. The third-order valence-electron chi connectivity index (χ3n) is 2.42. The molecule has 0 amide bonds. The second-order valence-electron chi connectivity index (χ2n) is 4.00. The van der Waals surface area contributed by atoms with Gasteiger partial charge in [-0.05, 0) is 12.8 Å². The number of aliphatic hydroxyl groups excluding tert-OH is 1. The number of hydrogen-bond donors (Lipinski definition) is 1. The van der Waals surface area contributed by atoms with Gasteiger partial charge in [0.25, 0.3) is 0 Å². The number of ether oxygens (including phenoxy) is 1. The third kappa shape index (κ3) is 2.89. The van der Waals surface area contributed by atoms with Crippen LogP contribution in [0.15, 0.2) is 12.4 Å². The monoisotopic (exact) mass is 210 g/mol. The van der Waals surface area contributed by atoms with Crippen LogP contribution in [0.25, 0.3) is 0 Å². The van der Waals surface area contributed by atoms with Gasteiger partial charge in [-0.1, -0.05) is 13.8 Å². The molecular formula is C11H18N2O2. The highest BCUT2D eigenvalue weighted by molar-refractivity contribution is 5.13. The van der Waals surface area contributed by atoms with E-state index in [0.717, 1.165) is 5.69 Å². The highest BCUT2D eigenvalue weighted by Gasteiger charge is 2.23. The maximum Gasteiger partial charge on any atom is 0.232 e. The fourth-order valence-electron chi connectivity index (χ4n) is 1.77. The lowest BCUT2D eigenvalue weighted by Gasteiger charge is -2.22. The molecule has 1 heterocycles. The van der Waals surface area contributed by atoms with Crippen LogP contribution in [0.2, 0.25) is 0 Å². The van der Waals surface area contributed by atoms with Crippen molar-refractivity contribution >= 4 is 0 Å². The Kier molecular flexibility index (Phi) is 4.03. The predicted molar refractivity (Wildman–Crippen MR) is 57.8 cm³/mol. The molecule has 1 aromatic heterocycles. The van der Waals surface area contributed by atoms with Crippen molar-refractivity contribution in [1.29, 1.82) is 0 Å². The molecule has 0 bridgehead atoms. The van der Waals surface area contributed by atoms with Crippen LogP contribution < -0.4 is 4.74 Å². The van der Waals surface area contributed by atoms with Crippen molar-refractivity contribution in [3.63, 3.8) is 0 Å². The molecule has 2 atom stereocenters. The summed E-state index contributed by atoms with van der Waals surface area (Å²) in [7, 11) is 1.56. The fraction of sp³-hybridized carbons (Fsp3) is 0.636. The molecule has 0 saturated heterocycles. The number of methoxy groups -OCH3 is 1. The Morgan fingerprint density at radius 2 is 1.93 bits per heavy atom. The molecular weight excluding hydrogens is 192 g/mol. The largest absolute Gasteiger partial charge is 0.480 e. The van der Waals surface area contributed by atoms with E-state index in [1.165, 1.54) is 0 Å². The molecule has 0 aliphatic carbocycles. The second kappa shape index (κ2) is 5.07. The number of rotatable bonds is 4. The number of aliphatic hydroxyl groups is 1. The van der Waals surface area contributed by atoms with Crippen molar-refractivity contribution in [3.05, 3.63) is 18.1 Å². The number of aromatic nitrogens is 2. The summed E-state index contributed by atoms with van der Waals surface area (Å²) in [5, 5.41) is 9.69. The molecule has 15 heavy (non-hydrogen) atoms. The molecule has 0 fully saturated rings. The zero-order valence-corrected chi connectivity index (χ0v) is 9.64. The lowest BCUT2D eigenvalue weighted by Crippen LogP contribution is -2.21. The van der Waals surface area contributed by atoms with Crippen LogP contribution in [0.1, 0.15) is 32.4 Å². The number of nitrogens with zero attached hydrogens (tertiary/aromatic N) is 2. The SMILES string of the molecule is COc1cncc(C(C(C)C)C(C)O)n1. The smallest absolute Gasteiger partial charge is 0.232 e. The molecule has 0 saturated carbocycles. The summed E-state index contributed by atoms with van der Waals surface area (Å²) in [5.41, 5.74) is 0.777. The molecule has 1 aromatic rings. The lowest BCUT2D eigenvalue weighted by atomic mass is 9.88. The van der Waals surface area contributed by atoms with Gasteiger partial charge in [-0.25, -0.2) is 4.98 Å². The molecule has 84 valence electrons. The van der Waals surface area contributed by atoms with Gasteiger partial charge in [0.15, 0.2) is 0 Å². The van der Waals surface area contributed by atoms with Crippen molar-refractivity contribution < 1.29 is 9.84 Å². The van der Waals surface area contributed by atoms with Crippen molar-refractivity contribution in [2.24, 2.45) is 5.92 Å². The first-order valence-corrected chi connectivity index (χ1v) is 5.10. The summed E-state index contributed by atoms with van der Waals surface area (Å²) in [6.07, 6.45) is 2.80. The van der Waals surface area contributed by atoms with E-state index in [1.54, 1.807) is 26.4 Å². The summed E-state index contributed by atoms with van der Waals surface area (Å²) >= 11 is 0. The van der Waals surface area contributed by atoms with Crippen LogP contribution in [0, 0.1) is 5.92 Å². The van der Waals surface area contributed by atoms with Crippen molar-refractivity contribution in [3.8, 4) is 5.88 Å². The lowest BCUT2D eigenvalue weighted by molar-refractivity contribution is 0.137. The van der Waals surface area contributed by atoms with Gasteiger partial charge >= 0.3 is 0 Å². The van der Waals surface area contributed by atoms with Gasteiger partial charge < -0.3 is 9.84 Å². The summed E-state index contributed by atoms with van der Waals surface area (Å²) in [6, 6.07) is 0. The molecule has 0 spiro atoms. The van der Waals surface area contributed by atoms with Gasteiger partial charge in [0.1, 0.15) is 0 Å². The predicted octanol–water partition coefficient (Wildman–Crippen LogP) is 1.61. The van der Waals surface area contributed by atoms with Gasteiger partial charge in [0.2, 0.25) is 5.88 Å². The van der Waals surface area contributed by atoms with E-state index in [-0.39, 0.29) is 5.92 Å². The van der Waals surface area contributed by atoms with E-state index in [0.29, 0.717) is 11.8 Å². The topological polar surface area (TPSA) is 55.2 Å². The molecule has 1 rings (SSSR count). The fourth-order valence-corrected chi connectivity index (χ4v) is 1.77. The van der Waals surface area contributed by atoms with Gasteiger partial charge in [0.05, 0.1) is 25.1 Å². The van der Waals surface area contributed by atoms with Crippen molar-refractivity contribution in [1.82, 2.24) is 9.97 Å². The standard InChI is InChI=1S/C11H18N2O2/c1-7(2)11(8(3)14)9-5-12-6-10(13-9)15-4/h5-8,11,14H,1-4H3. The van der Waals surface area contributed by atoms with E-state index >= 15 is 0 Å². The molecule has 2 unspecified atom stereocenters. The maximum atomic E-state index is 9.69. The minimum atomic E-state index is -0.439. The normalized spacial score (nSPS) is 15.1. The molecule has 1 N–H and O–H groups in total. The van der Waals surface area contributed by atoms with Gasteiger partial charge in [-0.2, -0.15) is 0 Å². The quantitative estimate of drug-likeness (QED) is 0.820. The maximum absolute atomic E-state index is 9.69.